The summed E-state index contributed by atoms with van der Waals surface area (Å²) >= 11 is 6.51. The third kappa shape index (κ3) is 4.24. The first-order chi connectivity index (χ1) is 13.4. The molecule has 2 amide bonds. The standard InChI is InChI=1S/C20H26ClN3O4/c1-3-18(25)23-9-7-22(8-10-23)17-6-5-15(12-16(17)21)24-13-14(11-19(24)26)20(27)28-4-2/h5-6,12,14H,3-4,7-11,13H2,1-2H3/t14-/m0/s1. The van der Waals surface area contributed by atoms with Gasteiger partial charge in [0, 0.05) is 51.3 Å². The van der Waals surface area contributed by atoms with Gasteiger partial charge in [-0.3, -0.25) is 14.4 Å². The second kappa shape index (κ2) is 8.82. The van der Waals surface area contributed by atoms with Crippen LogP contribution in [0.4, 0.5) is 11.4 Å². The number of anilines is 2. The predicted octanol–water partition coefficient (Wildman–Crippen LogP) is 2.31. The van der Waals surface area contributed by atoms with Gasteiger partial charge in [-0.25, -0.2) is 0 Å². The van der Waals surface area contributed by atoms with Crippen molar-refractivity contribution in [2.75, 3.05) is 49.1 Å². The van der Waals surface area contributed by atoms with Crippen molar-refractivity contribution in [3.8, 4) is 0 Å². The summed E-state index contributed by atoms with van der Waals surface area (Å²) in [7, 11) is 0. The summed E-state index contributed by atoms with van der Waals surface area (Å²) in [5.74, 6) is -0.700. The smallest absolute Gasteiger partial charge is 0.311 e. The molecule has 1 aromatic carbocycles. The van der Waals surface area contributed by atoms with Crippen molar-refractivity contribution in [2.24, 2.45) is 5.92 Å². The molecule has 1 aromatic rings. The number of hydrogen-bond donors (Lipinski definition) is 0. The summed E-state index contributed by atoms with van der Waals surface area (Å²) < 4.78 is 5.04. The van der Waals surface area contributed by atoms with Gasteiger partial charge in [0.05, 0.1) is 23.2 Å². The second-order valence-corrected chi connectivity index (χ2v) is 7.42. The molecule has 0 aromatic heterocycles. The van der Waals surface area contributed by atoms with Crippen LogP contribution in [0.15, 0.2) is 18.2 Å². The highest BCUT2D eigenvalue weighted by Crippen LogP contribution is 2.33. The summed E-state index contributed by atoms with van der Waals surface area (Å²) in [4.78, 5) is 41.7. The molecule has 7 nitrogen and oxygen atoms in total. The molecule has 152 valence electrons. The summed E-state index contributed by atoms with van der Waals surface area (Å²) in [6.07, 6.45) is 0.678. The summed E-state index contributed by atoms with van der Waals surface area (Å²) in [5, 5.41) is 0.556. The molecule has 0 radical (unpaired) electrons. The molecule has 2 aliphatic rings. The maximum atomic E-state index is 12.3. The Labute approximate surface area is 170 Å². The van der Waals surface area contributed by atoms with Crippen LogP contribution in [0.1, 0.15) is 26.7 Å². The van der Waals surface area contributed by atoms with Gasteiger partial charge < -0.3 is 19.4 Å². The molecule has 2 fully saturated rings. The van der Waals surface area contributed by atoms with Crippen molar-refractivity contribution in [3.05, 3.63) is 23.2 Å². The van der Waals surface area contributed by atoms with Gasteiger partial charge >= 0.3 is 5.97 Å². The third-order valence-corrected chi connectivity index (χ3v) is 5.57. The molecule has 28 heavy (non-hydrogen) atoms. The van der Waals surface area contributed by atoms with Gasteiger partial charge in [-0.1, -0.05) is 18.5 Å². The highest BCUT2D eigenvalue weighted by molar-refractivity contribution is 6.33. The van der Waals surface area contributed by atoms with E-state index in [1.165, 1.54) is 0 Å². The van der Waals surface area contributed by atoms with Crippen molar-refractivity contribution in [1.29, 1.82) is 0 Å². The van der Waals surface area contributed by atoms with Crippen LogP contribution in [0, 0.1) is 5.92 Å². The number of halogens is 1. The predicted molar refractivity (Wildman–Crippen MR) is 108 cm³/mol. The first kappa shape index (κ1) is 20.5. The largest absolute Gasteiger partial charge is 0.466 e. The Morgan fingerprint density at radius 3 is 2.50 bits per heavy atom. The van der Waals surface area contributed by atoms with Crippen LogP contribution >= 0.6 is 11.6 Å². The third-order valence-electron chi connectivity index (χ3n) is 5.26. The normalized spacial score (nSPS) is 19.9. The van der Waals surface area contributed by atoms with Crippen LogP contribution in [0.25, 0.3) is 0 Å². The Kier molecular flexibility index (Phi) is 6.44. The molecule has 2 heterocycles. The van der Waals surface area contributed by atoms with Crippen molar-refractivity contribution >= 4 is 40.8 Å². The van der Waals surface area contributed by atoms with Gasteiger partial charge in [0.1, 0.15) is 0 Å². The molecule has 3 rings (SSSR count). The van der Waals surface area contributed by atoms with E-state index in [0.717, 1.165) is 18.8 Å². The van der Waals surface area contributed by atoms with E-state index in [1.54, 1.807) is 17.9 Å². The maximum absolute atomic E-state index is 12.3. The van der Waals surface area contributed by atoms with Crippen LogP contribution in [0.5, 0.6) is 0 Å². The molecule has 8 heteroatoms. The minimum Gasteiger partial charge on any atom is -0.466 e. The van der Waals surface area contributed by atoms with E-state index < -0.39 is 5.92 Å². The minimum absolute atomic E-state index is 0.103. The Balaban J connectivity index is 1.67. The molecule has 0 saturated carbocycles. The van der Waals surface area contributed by atoms with Crippen molar-refractivity contribution < 1.29 is 19.1 Å². The lowest BCUT2D eigenvalue weighted by atomic mass is 10.1. The number of piperazine rings is 1. The lowest BCUT2D eigenvalue weighted by Gasteiger charge is -2.36. The Bertz CT molecular complexity index is 762. The number of amides is 2. The van der Waals surface area contributed by atoms with Gasteiger partial charge in [0.15, 0.2) is 0 Å². The van der Waals surface area contributed by atoms with Gasteiger partial charge in [-0.05, 0) is 25.1 Å². The summed E-state index contributed by atoms with van der Waals surface area (Å²) in [6, 6.07) is 5.53. The number of ether oxygens (including phenoxy) is 1. The fourth-order valence-electron chi connectivity index (χ4n) is 3.72. The molecule has 0 aliphatic carbocycles. The first-order valence-electron chi connectivity index (χ1n) is 9.73. The lowest BCUT2D eigenvalue weighted by molar-refractivity contribution is -0.147. The quantitative estimate of drug-likeness (QED) is 0.700. The molecular weight excluding hydrogens is 382 g/mol. The van der Waals surface area contributed by atoms with E-state index in [9.17, 15) is 14.4 Å². The van der Waals surface area contributed by atoms with Gasteiger partial charge in [0.2, 0.25) is 11.8 Å². The highest BCUT2D eigenvalue weighted by atomic mass is 35.5. The molecule has 0 bridgehead atoms. The van der Waals surface area contributed by atoms with Gasteiger partial charge in [0.25, 0.3) is 0 Å². The summed E-state index contributed by atoms with van der Waals surface area (Å²) in [5.41, 5.74) is 1.58. The number of hydrogen-bond acceptors (Lipinski definition) is 5. The summed E-state index contributed by atoms with van der Waals surface area (Å²) in [6.45, 7) is 7.04. The van der Waals surface area contributed by atoms with Crippen LogP contribution in [-0.4, -0.2) is 62.0 Å². The molecule has 0 spiro atoms. The number of nitrogens with zero attached hydrogens (tertiary/aromatic N) is 3. The zero-order valence-corrected chi connectivity index (χ0v) is 17.1. The molecule has 1 atom stereocenters. The minimum atomic E-state index is -0.435. The number of esters is 1. The van der Waals surface area contributed by atoms with E-state index >= 15 is 0 Å². The fourth-order valence-corrected chi connectivity index (χ4v) is 4.01. The zero-order valence-electron chi connectivity index (χ0n) is 16.3. The average molecular weight is 408 g/mol. The Hall–Kier alpha value is -2.28. The maximum Gasteiger partial charge on any atom is 0.311 e. The van der Waals surface area contributed by atoms with E-state index in [0.29, 0.717) is 43.4 Å². The van der Waals surface area contributed by atoms with E-state index in [4.69, 9.17) is 16.3 Å². The lowest BCUT2D eigenvalue weighted by Crippen LogP contribution is -2.48. The van der Waals surface area contributed by atoms with Gasteiger partial charge in [-0.2, -0.15) is 0 Å². The zero-order chi connectivity index (χ0) is 20.3. The first-order valence-corrected chi connectivity index (χ1v) is 10.1. The molecular formula is C20H26ClN3O4. The van der Waals surface area contributed by atoms with Crippen LogP contribution in [-0.2, 0) is 19.1 Å². The number of carbonyl (C=O) groups excluding carboxylic acids is 3. The molecule has 2 aliphatic heterocycles. The second-order valence-electron chi connectivity index (χ2n) is 7.01. The van der Waals surface area contributed by atoms with E-state index in [2.05, 4.69) is 4.90 Å². The average Bonchev–Trinajstić information content (AvgIpc) is 3.09. The van der Waals surface area contributed by atoms with E-state index in [-0.39, 0.29) is 24.2 Å². The SMILES string of the molecule is CCOC(=O)[C@H]1CC(=O)N(c2ccc(N3CCN(C(=O)CC)CC3)c(Cl)c2)C1. The van der Waals surface area contributed by atoms with Crippen molar-refractivity contribution in [1.82, 2.24) is 4.90 Å². The van der Waals surface area contributed by atoms with Crippen molar-refractivity contribution in [2.45, 2.75) is 26.7 Å². The topological polar surface area (TPSA) is 70.2 Å². The number of rotatable bonds is 5. The molecule has 0 unspecified atom stereocenters. The monoisotopic (exact) mass is 407 g/mol. The van der Waals surface area contributed by atoms with Crippen LogP contribution < -0.4 is 9.80 Å². The van der Waals surface area contributed by atoms with Crippen LogP contribution in [0.2, 0.25) is 5.02 Å². The number of carbonyl (C=O) groups is 3. The molecule has 0 N–H and O–H groups in total. The number of benzene rings is 1. The van der Waals surface area contributed by atoms with E-state index in [1.807, 2.05) is 24.0 Å². The fraction of sp³-hybridized carbons (Fsp3) is 0.550. The van der Waals surface area contributed by atoms with Crippen LogP contribution in [0.3, 0.4) is 0 Å². The Morgan fingerprint density at radius 1 is 1.18 bits per heavy atom. The van der Waals surface area contributed by atoms with Gasteiger partial charge in [-0.15, -0.1) is 0 Å². The molecule has 2 saturated heterocycles. The van der Waals surface area contributed by atoms with Crippen molar-refractivity contribution in [3.63, 3.8) is 0 Å². The highest BCUT2D eigenvalue weighted by Gasteiger charge is 2.36. The Morgan fingerprint density at radius 2 is 1.89 bits per heavy atom.